The number of sulfonamides is 1. The number of hydrogen-bond donors (Lipinski definition) is 2. The first-order valence-corrected chi connectivity index (χ1v) is 11.8. The van der Waals surface area contributed by atoms with Crippen molar-refractivity contribution in [2.45, 2.75) is 11.8 Å². The van der Waals surface area contributed by atoms with E-state index in [1.807, 2.05) is 22.9 Å². The summed E-state index contributed by atoms with van der Waals surface area (Å²) in [6, 6.07) is 9.96. The molecular formula is C20H18N6O5S2. The maximum Gasteiger partial charge on any atom is 0.295 e. The Morgan fingerprint density at radius 2 is 2.03 bits per heavy atom. The number of anilines is 2. The Labute approximate surface area is 192 Å². The number of ether oxygens (including phenoxy) is 1. The maximum absolute atomic E-state index is 12.8. The summed E-state index contributed by atoms with van der Waals surface area (Å²) in [5, 5.41) is 17.6. The first-order valence-electron chi connectivity index (χ1n) is 9.45. The highest BCUT2D eigenvalue weighted by Crippen LogP contribution is 2.30. The summed E-state index contributed by atoms with van der Waals surface area (Å²) in [5.74, 6) is 0.318. The first kappa shape index (κ1) is 22.2. The summed E-state index contributed by atoms with van der Waals surface area (Å²) in [7, 11) is -2.70. The maximum atomic E-state index is 12.8. The van der Waals surface area contributed by atoms with Crippen LogP contribution in [0.3, 0.4) is 0 Å². The molecule has 11 nitrogen and oxygen atoms in total. The number of fused-ring (bicyclic) bond motifs is 1. The van der Waals surface area contributed by atoms with E-state index in [2.05, 4.69) is 20.2 Å². The number of benzene rings is 2. The molecule has 2 aromatic carbocycles. The van der Waals surface area contributed by atoms with Gasteiger partial charge in [-0.25, -0.2) is 13.4 Å². The molecule has 0 spiro atoms. The van der Waals surface area contributed by atoms with Crippen LogP contribution in [0.4, 0.5) is 17.1 Å². The number of para-hydroxylation sites is 2. The van der Waals surface area contributed by atoms with Crippen LogP contribution in [-0.2, 0) is 10.0 Å². The zero-order valence-electron chi connectivity index (χ0n) is 17.4. The van der Waals surface area contributed by atoms with Crippen molar-refractivity contribution in [3.63, 3.8) is 0 Å². The lowest BCUT2D eigenvalue weighted by molar-refractivity contribution is -0.384. The van der Waals surface area contributed by atoms with Crippen molar-refractivity contribution in [1.82, 2.24) is 9.38 Å². The van der Waals surface area contributed by atoms with Crippen LogP contribution in [0.15, 0.2) is 64.0 Å². The molecular weight excluding hydrogens is 468 g/mol. The highest BCUT2D eigenvalue weighted by atomic mass is 32.2. The van der Waals surface area contributed by atoms with Gasteiger partial charge < -0.3 is 4.74 Å². The standard InChI is InChI=1S/C20H18N6O5S2/c1-13-18(25-9-10-32-20(25)22-13)12-21-23-15-8-7-14(11-17(15)26(27)28)33(29,30)24-16-5-3-4-6-19(16)31-2/h3-12,23-24H,1-2H3/b21-12-. The molecule has 13 heteroatoms. The second kappa shape index (κ2) is 8.88. The Morgan fingerprint density at radius 1 is 1.24 bits per heavy atom. The van der Waals surface area contributed by atoms with E-state index in [-0.39, 0.29) is 16.3 Å². The van der Waals surface area contributed by atoms with Gasteiger partial charge in [0.2, 0.25) is 0 Å². The van der Waals surface area contributed by atoms with Crippen LogP contribution in [-0.4, -0.2) is 36.1 Å². The molecule has 2 heterocycles. The number of aryl methyl sites for hydroxylation is 1. The predicted molar refractivity (Wildman–Crippen MR) is 126 cm³/mol. The number of hydrogen-bond acceptors (Lipinski definition) is 9. The molecule has 170 valence electrons. The number of methoxy groups -OCH3 is 1. The van der Waals surface area contributed by atoms with Crippen molar-refractivity contribution < 1.29 is 18.1 Å². The molecule has 2 aromatic heterocycles. The van der Waals surface area contributed by atoms with Crippen LogP contribution in [0.2, 0.25) is 0 Å². The van der Waals surface area contributed by atoms with Gasteiger partial charge >= 0.3 is 0 Å². The fourth-order valence-corrected chi connectivity index (χ4v) is 4.94. The number of aromatic nitrogens is 2. The zero-order valence-corrected chi connectivity index (χ0v) is 19.1. The van der Waals surface area contributed by atoms with Gasteiger partial charge in [0.15, 0.2) is 4.96 Å². The van der Waals surface area contributed by atoms with E-state index in [9.17, 15) is 18.5 Å². The minimum absolute atomic E-state index is 0.0382. The number of rotatable bonds is 8. The Balaban J connectivity index is 1.60. The van der Waals surface area contributed by atoms with Gasteiger partial charge in [-0.15, -0.1) is 11.3 Å². The van der Waals surface area contributed by atoms with Gasteiger partial charge in [-0.05, 0) is 31.2 Å². The molecule has 0 aliphatic heterocycles. The first-order chi connectivity index (χ1) is 15.8. The van der Waals surface area contributed by atoms with Crippen LogP contribution >= 0.6 is 11.3 Å². The van der Waals surface area contributed by atoms with E-state index >= 15 is 0 Å². The fourth-order valence-electron chi connectivity index (χ4n) is 3.09. The second-order valence-corrected chi connectivity index (χ2v) is 9.31. The van der Waals surface area contributed by atoms with Crippen molar-refractivity contribution in [3.8, 4) is 5.75 Å². The van der Waals surface area contributed by atoms with E-state index in [1.54, 1.807) is 18.2 Å². The molecule has 2 N–H and O–H groups in total. The van der Waals surface area contributed by atoms with E-state index in [0.717, 1.165) is 22.4 Å². The van der Waals surface area contributed by atoms with Gasteiger partial charge in [0, 0.05) is 17.6 Å². The quantitative estimate of drug-likeness (QED) is 0.219. The zero-order chi connectivity index (χ0) is 23.6. The SMILES string of the molecule is COc1ccccc1NS(=O)(=O)c1ccc(N/N=C\c2c(C)nc3sccn23)c([N+](=O)[O-])c1. The van der Waals surface area contributed by atoms with Crippen molar-refractivity contribution in [2.24, 2.45) is 5.10 Å². The van der Waals surface area contributed by atoms with E-state index in [4.69, 9.17) is 4.74 Å². The van der Waals surface area contributed by atoms with Gasteiger partial charge in [-0.3, -0.25) is 24.7 Å². The van der Waals surface area contributed by atoms with Crippen LogP contribution in [0.5, 0.6) is 5.75 Å². The minimum atomic E-state index is -4.11. The van der Waals surface area contributed by atoms with E-state index in [1.165, 1.54) is 42.9 Å². The van der Waals surface area contributed by atoms with E-state index in [0.29, 0.717) is 5.75 Å². The van der Waals surface area contributed by atoms with Crippen LogP contribution < -0.4 is 14.9 Å². The highest BCUT2D eigenvalue weighted by Gasteiger charge is 2.22. The molecule has 0 radical (unpaired) electrons. The Morgan fingerprint density at radius 3 is 2.79 bits per heavy atom. The number of nitrogens with one attached hydrogen (secondary N) is 2. The summed E-state index contributed by atoms with van der Waals surface area (Å²) in [4.78, 5) is 15.9. The molecule has 0 bridgehead atoms. The number of thiazole rings is 1. The highest BCUT2D eigenvalue weighted by molar-refractivity contribution is 7.92. The third-order valence-electron chi connectivity index (χ3n) is 4.68. The van der Waals surface area contributed by atoms with Crippen molar-refractivity contribution in [1.29, 1.82) is 0 Å². The number of imidazole rings is 1. The molecule has 0 saturated carbocycles. The lowest BCUT2D eigenvalue weighted by Gasteiger charge is -2.12. The minimum Gasteiger partial charge on any atom is -0.495 e. The van der Waals surface area contributed by atoms with Crippen molar-refractivity contribution in [2.75, 3.05) is 17.3 Å². The summed E-state index contributed by atoms with van der Waals surface area (Å²) in [6.45, 7) is 1.83. The summed E-state index contributed by atoms with van der Waals surface area (Å²) in [5.41, 5.74) is 3.91. The lowest BCUT2D eigenvalue weighted by atomic mass is 10.3. The van der Waals surface area contributed by atoms with Crippen molar-refractivity contribution >= 4 is 49.6 Å². The molecule has 0 aliphatic carbocycles. The van der Waals surface area contributed by atoms with Gasteiger partial charge in [-0.2, -0.15) is 5.10 Å². The molecule has 0 amide bonds. The normalized spacial score (nSPS) is 11.7. The van der Waals surface area contributed by atoms with E-state index < -0.39 is 20.6 Å². The number of nitrogens with zero attached hydrogens (tertiary/aromatic N) is 4. The average Bonchev–Trinajstić information content (AvgIpc) is 3.35. The van der Waals surface area contributed by atoms with Crippen LogP contribution in [0.25, 0.3) is 4.96 Å². The van der Waals surface area contributed by atoms with Gasteiger partial charge in [0.05, 0.1) is 40.2 Å². The molecule has 4 aromatic rings. The fraction of sp³-hybridized carbons (Fsp3) is 0.100. The van der Waals surface area contributed by atoms with Crippen LogP contribution in [0.1, 0.15) is 11.4 Å². The molecule has 0 unspecified atom stereocenters. The lowest BCUT2D eigenvalue weighted by Crippen LogP contribution is -2.14. The summed E-state index contributed by atoms with van der Waals surface area (Å²) < 4.78 is 35.0. The molecule has 0 saturated heterocycles. The van der Waals surface area contributed by atoms with Crippen molar-refractivity contribution in [3.05, 3.63) is 75.5 Å². The average molecular weight is 487 g/mol. The summed E-state index contributed by atoms with van der Waals surface area (Å²) >= 11 is 1.47. The molecule has 33 heavy (non-hydrogen) atoms. The van der Waals surface area contributed by atoms with Crippen LogP contribution in [0, 0.1) is 17.0 Å². The monoisotopic (exact) mass is 486 g/mol. The number of nitro groups is 1. The van der Waals surface area contributed by atoms with Gasteiger partial charge in [-0.1, -0.05) is 12.1 Å². The van der Waals surface area contributed by atoms with Gasteiger partial charge in [0.25, 0.3) is 15.7 Å². The molecule has 0 atom stereocenters. The largest absolute Gasteiger partial charge is 0.495 e. The Kier molecular flexibility index (Phi) is 5.98. The predicted octanol–water partition coefficient (Wildman–Crippen LogP) is 3.87. The third kappa shape index (κ3) is 4.49. The molecule has 0 aliphatic rings. The third-order valence-corrected chi connectivity index (χ3v) is 6.80. The topological polar surface area (TPSA) is 140 Å². The molecule has 0 fully saturated rings. The second-order valence-electron chi connectivity index (χ2n) is 6.75. The number of hydrazone groups is 1. The Bertz CT molecular complexity index is 1480. The number of nitro benzene ring substituents is 1. The smallest absolute Gasteiger partial charge is 0.295 e. The van der Waals surface area contributed by atoms with Gasteiger partial charge in [0.1, 0.15) is 11.4 Å². The Hall–Kier alpha value is -3.97. The molecule has 4 rings (SSSR count). The summed E-state index contributed by atoms with van der Waals surface area (Å²) in [6.07, 6.45) is 3.35.